The fourth-order valence-corrected chi connectivity index (χ4v) is 5.19. The van der Waals surface area contributed by atoms with Crippen molar-refractivity contribution in [2.24, 2.45) is 22.5 Å². The lowest BCUT2D eigenvalue weighted by Crippen LogP contribution is -2.62. The summed E-state index contributed by atoms with van der Waals surface area (Å²) in [4.78, 5) is 0. The number of nitrogens with two attached hydrogens (primary N) is 1. The van der Waals surface area contributed by atoms with E-state index in [0.717, 1.165) is 32.1 Å². The Morgan fingerprint density at radius 2 is 1.62 bits per heavy atom. The third-order valence-corrected chi connectivity index (χ3v) is 4.37. The van der Waals surface area contributed by atoms with Gasteiger partial charge in [-0.2, -0.15) is 0 Å². The molecule has 0 aromatic rings. The Morgan fingerprint density at radius 1 is 1.08 bits per heavy atom. The van der Waals surface area contributed by atoms with E-state index in [1.807, 2.05) is 0 Å². The molecule has 4 aliphatic carbocycles. The zero-order valence-corrected chi connectivity index (χ0v) is 8.82. The number of rotatable bonds is 0. The van der Waals surface area contributed by atoms with Gasteiger partial charge in [-0.05, 0) is 55.2 Å². The van der Waals surface area contributed by atoms with E-state index in [-0.39, 0.29) is 11.4 Å². The summed E-state index contributed by atoms with van der Waals surface area (Å²) in [6, 6.07) is 0. The summed E-state index contributed by atoms with van der Waals surface area (Å²) in [5.74, 6) is -0.188. The minimum atomic E-state index is -0.188. The molecule has 4 aliphatic rings. The van der Waals surface area contributed by atoms with Crippen molar-refractivity contribution in [1.29, 1.82) is 0 Å². The molecule has 2 atom stereocenters. The second kappa shape index (κ2) is 1.98. The normalized spacial score (nSPS) is 71.2. The molecule has 0 saturated heterocycles. The van der Waals surface area contributed by atoms with Gasteiger partial charge in [0.1, 0.15) is 0 Å². The van der Waals surface area contributed by atoms with Crippen molar-refractivity contribution in [3.05, 3.63) is 0 Å². The van der Waals surface area contributed by atoms with Crippen LogP contribution in [0, 0.1) is 16.7 Å². The van der Waals surface area contributed by atoms with Gasteiger partial charge < -0.3 is 5.73 Å². The summed E-state index contributed by atoms with van der Waals surface area (Å²) in [6.07, 6.45) is 6.76. The third-order valence-electron chi connectivity index (χ3n) is 4.37. The van der Waals surface area contributed by atoms with E-state index >= 15 is 0 Å². The molecule has 0 amide bonds. The van der Waals surface area contributed by atoms with Crippen LogP contribution in [0.2, 0.25) is 0 Å². The van der Waals surface area contributed by atoms with Crippen molar-refractivity contribution >= 4 is 0 Å². The smallest absolute Gasteiger partial charge is 0.0304 e. The molecule has 1 nitrogen and oxygen atoms in total. The van der Waals surface area contributed by atoms with Gasteiger partial charge in [0.05, 0.1) is 0 Å². The Bertz CT molecular complexity index is 203. The summed E-state index contributed by atoms with van der Waals surface area (Å²) in [5.41, 5.74) is 7.21. The van der Waals surface area contributed by atoms with E-state index in [1.165, 1.54) is 6.42 Å². The van der Waals surface area contributed by atoms with E-state index < -0.39 is 0 Å². The van der Waals surface area contributed by atoms with Gasteiger partial charge >= 0.3 is 0 Å². The van der Waals surface area contributed by atoms with Gasteiger partial charge in [0, 0.05) is 6.91 Å². The lowest BCUT2D eigenvalue weighted by atomic mass is 9.43. The predicted octanol–water partition coefficient (Wildman–Crippen LogP) is 2.69. The maximum absolute atomic E-state index is 8.51. The Balaban J connectivity index is 2.08. The Morgan fingerprint density at radius 3 is 2.00 bits per heavy atom. The Labute approximate surface area is 82.5 Å². The standard InChI is InChI=1S/C12H21N/c1-10-3-9-4-11(2,6-10)8-12(13,5-9)7-10/h9H,3-8,13H2,1-2H3/i9D. The molecule has 4 bridgehead atoms. The second-order valence-electron chi connectivity index (χ2n) is 6.79. The molecule has 0 spiro atoms. The highest BCUT2D eigenvalue weighted by molar-refractivity contribution is 5.12. The first kappa shape index (κ1) is 7.28. The van der Waals surface area contributed by atoms with Crippen LogP contribution in [0.3, 0.4) is 0 Å². The first-order valence-electron chi connectivity index (χ1n) is 6.03. The fraction of sp³-hybridized carbons (Fsp3) is 1.00. The summed E-state index contributed by atoms with van der Waals surface area (Å²) < 4.78 is 8.51. The largest absolute Gasteiger partial charge is 0.325 e. The first-order valence-corrected chi connectivity index (χ1v) is 5.53. The van der Waals surface area contributed by atoms with Crippen LogP contribution >= 0.6 is 0 Å². The van der Waals surface area contributed by atoms with E-state index in [4.69, 9.17) is 7.10 Å². The summed E-state index contributed by atoms with van der Waals surface area (Å²) in [6.45, 7) is 4.71. The highest BCUT2D eigenvalue weighted by Gasteiger charge is 2.58. The number of hydrogen-bond donors (Lipinski definition) is 1. The number of hydrogen-bond acceptors (Lipinski definition) is 1. The highest BCUT2D eigenvalue weighted by Crippen LogP contribution is 2.65. The molecular weight excluding hydrogens is 158 g/mol. The molecule has 2 unspecified atom stereocenters. The molecular formula is C12H21N. The van der Waals surface area contributed by atoms with E-state index in [1.54, 1.807) is 0 Å². The quantitative estimate of drug-likeness (QED) is 0.609. The molecule has 0 aromatic carbocycles. The van der Waals surface area contributed by atoms with Crippen LogP contribution in [0.1, 0.15) is 53.7 Å². The third kappa shape index (κ3) is 1.09. The van der Waals surface area contributed by atoms with Crippen LogP contribution in [0.5, 0.6) is 0 Å². The van der Waals surface area contributed by atoms with Gasteiger partial charge in [-0.3, -0.25) is 0 Å². The first-order chi connectivity index (χ1) is 6.24. The molecule has 0 aliphatic heterocycles. The van der Waals surface area contributed by atoms with E-state index in [9.17, 15) is 0 Å². The van der Waals surface area contributed by atoms with E-state index in [0.29, 0.717) is 10.8 Å². The summed E-state index contributed by atoms with van der Waals surface area (Å²) in [5, 5.41) is 0. The average molecular weight is 180 g/mol. The van der Waals surface area contributed by atoms with E-state index in [2.05, 4.69) is 13.8 Å². The molecule has 4 saturated carbocycles. The van der Waals surface area contributed by atoms with Gasteiger partial charge in [-0.15, -0.1) is 0 Å². The van der Waals surface area contributed by atoms with Gasteiger partial charge in [-0.25, -0.2) is 0 Å². The SMILES string of the molecule is [2H]C12CC3(C)CC(C)(C1)CC(N)(C2)C3. The zero-order valence-electron chi connectivity index (χ0n) is 9.82. The maximum atomic E-state index is 8.51. The lowest BCUT2D eigenvalue weighted by molar-refractivity contribution is -0.104. The van der Waals surface area contributed by atoms with Crippen molar-refractivity contribution in [1.82, 2.24) is 0 Å². The molecule has 74 valence electrons. The van der Waals surface area contributed by atoms with Gasteiger partial charge in [0.15, 0.2) is 0 Å². The molecule has 4 rings (SSSR count). The minimum absolute atomic E-state index is 0. The van der Waals surface area contributed by atoms with Crippen LogP contribution < -0.4 is 5.73 Å². The lowest BCUT2D eigenvalue weighted by Gasteiger charge is -2.64. The van der Waals surface area contributed by atoms with Crippen molar-refractivity contribution in [2.45, 2.75) is 57.9 Å². The van der Waals surface area contributed by atoms with Crippen LogP contribution in [-0.2, 0) is 0 Å². The molecule has 13 heavy (non-hydrogen) atoms. The molecule has 2 N–H and O–H groups in total. The van der Waals surface area contributed by atoms with Crippen molar-refractivity contribution in [3.63, 3.8) is 0 Å². The van der Waals surface area contributed by atoms with Crippen LogP contribution in [0.25, 0.3) is 0 Å². The maximum Gasteiger partial charge on any atom is 0.0304 e. The van der Waals surface area contributed by atoms with Gasteiger partial charge in [-0.1, -0.05) is 13.8 Å². The van der Waals surface area contributed by atoms with Crippen LogP contribution in [0.4, 0.5) is 0 Å². The zero-order chi connectivity index (χ0) is 10.2. The molecule has 1 heteroatoms. The van der Waals surface area contributed by atoms with Crippen molar-refractivity contribution in [3.8, 4) is 0 Å². The predicted molar refractivity (Wildman–Crippen MR) is 54.3 cm³/mol. The molecule has 0 radical (unpaired) electrons. The topological polar surface area (TPSA) is 26.0 Å². The monoisotopic (exact) mass is 180 g/mol. The van der Waals surface area contributed by atoms with Gasteiger partial charge in [0.2, 0.25) is 0 Å². The van der Waals surface area contributed by atoms with Crippen LogP contribution in [-0.4, -0.2) is 5.54 Å². The summed E-state index contributed by atoms with van der Waals surface area (Å²) in [7, 11) is 0. The fourth-order valence-electron chi connectivity index (χ4n) is 5.19. The highest BCUT2D eigenvalue weighted by atomic mass is 14.8. The van der Waals surface area contributed by atoms with Crippen molar-refractivity contribution in [2.75, 3.05) is 0 Å². The Hall–Kier alpha value is -0.0400. The molecule has 0 aromatic heterocycles. The van der Waals surface area contributed by atoms with Crippen molar-refractivity contribution < 1.29 is 1.37 Å². The molecule has 0 heterocycles. The van der Waals surface area contributed by atoms with Crippen LogP contribution in [0.15, 0.2) is 0 Å². The average Bonchev–Trinajstić information content (AvgIpc) is 1.67. The second-order valence-corrected chi connectivity index (χ2v) is 6.79. The minimum Gasteiger partial charge on any atom is -0.325 e. The Kier molecular flexibility index (Phi) is 1.11. The van der Waals surface area contributed by atoms with Gasteiger partial charge in [0.25, 0.3) is 0 Å². The summed E-state index contributed by atoms with van der Waals surface area (Å²) >= 11 is 0. The molecule has 4 fully saturated rings.